The summed E-state index contributed by atoms with van der Waals surface area (Å²) in [6.07, 6.45) is 2.57. The Balaban J connectivity index is 0.00000312. The van der Waals surface area contributed by atoms with Gasteiger partial charge in [0.25, 0.3) is 0 Å². The first kappa shape index (κ1) is 21.5. The molecule has 0 aliphatic rings. The molecular weight excluding hydrogens is 429 g/mol. The van der Waals surface area contributed by atoms with Gasteiger partial charge in [-0.1, -0.05) is 24.3 Å². The molecule has 0 aliphatic heterocycles. The van der Waals surface area contributed by atoms with Crippen LogP contribution < -0.4 is 10.6 Å². The molecule has 1 aromatic heterocycles. The average Bonchev–Trinajstić information content (AvgIpc) is 3.10. The summed E-state index contributed by atoms with van der Waals surface area (Å²) in [5.74, 6) is 1.70. The normalized spacial score (nSPS) is 11.0. The van der Waals surface area contributed by atoms with Crippen LogP contribution in [0.25, 0.3) is 0 Å². The molecule has 25 heavy (non-hydrogen) atoms. The molecule has 0 saturated carbocycles. The monoisotopic (exact) mass is 457 g/mol. The zero-order valence-corrected chi connectivity index (χ0v) is 17.3. The summed E-state index contributed by atoms with van der Waals surface area (Å²) >= 11 is 0. The van der Waals surface area contributed by atoms with Gasteiger partial charge in [-0.2, -0.15) is 0 Å². The molecule has 2 rings (SSSR count). The molecule has 2 aromatic rings. The van der Waals surface area contributed by atoms with Crippen LogP contribution in [0.4, 0.5) is 0 Å². The van der Waals surface area contributed by atoms with Crippen molar-refractivity contribution >= 4 is 29.9 Å². The van der Waals surface area contributed by atoms with E-state index < -0.39 is 0 Å². The molecule has 1 heterocycles. The van der Waals surface area contributed by atoms with Crippen LogP contribution in [-0.2, 0) is 17.9 Å². The zero-order valence-electron chi connectivity index (χ0n) is 15.0. The smallest absolute Gasteiger partial charge is 0.191 e. The Morgan fingerprint density at radius 1 is 1.16 bits per heavy atom. The maximum Gasteiger partial charge on any atom is 0.191 e. The van der Waals surface area contributed by atoms with Crippen LogP contribution in [0.3, 0.4) is 0 Å². The molecule has 138 valence electrons. The molecule has 0 spiro atoms. The van der Waals surface area contributed by atoms with Gasteiger partial charge in [0.1, 0.15) is 12.4 Å². The molecule has 0 fully saturated rings. The molecule has 1 aromatic carbocycles. The van der Waals surface area contributed by atoms with Gasteiger partial charge in [0.2, 0.25) is 0 Å². The van der Waals surface area contributed by atoms with Crippen molar-refractivity contribution in [2.45, 2.75) is 33.4 Å². The number of benzene rings is 1. The number of halogens is 1. The lowest BCUT2D eigenvalue weighted by Crippen LogP contribution is -2.38. The first-order valence-corrected chi connectivity index (χ1v) is 8.46. The predicted octanol–water partition coefficient (Wildman–Crippen LogP) is 3.87. The molecule has 0 aliphatic carbocycles. The van der Waals surface area contributed by atoms with Gasteiger partial charge >= 0.3 is 0 Å². The highest BCUT2D eigenvalue weighted by Gasteiger charge is 2.00. The van der Waals surface area contributed by atoms with Crippen molar-refractivity contribution in [3.63, 3.8) is 0 Å². The number of aryl methyl sites for hydroxylation is 1. The molecule has 0 amide bonds. The third kappa shape index (κ3) is 8.40. The van der Waals surface area contributed by atoms with Gasteiger partial charge in [0, 0.05) is 19.7 Å². The van der Waals surface area contributed by atoms with E-state index in [9.17, 15) is 0 Å². The van der Waals surface area contributed by atoms with Gasteiger partial charge in [-0.3, -0.25) is 0 Å². The lowest BCUT2D eigenvalue weighted by molar-refractivity contribution is 0.105. The van der Waals surface area contributed by atoms with Crippen LogP contribution in [0, 0.1) is 6.92 Å². The SMILES string of the molecule is CCNC(=NCc1ccccc1C)NCCCOCc1ccco1.I. The van der Waals surface area contributed by atoms with E-state index in [0.29, 0.717) is 19.8 Å². The summed E-state index contributed by atoms with van der Waals surface area (Å²) in [6, 6.07) is 12.1. The minimum Gasteiger partial charge on any atom is -0.467 e. The second kappa shape index (κ2) is 12.8. The fraction of sp³-hybridized carbons (Fsp3) is 0.421. The largest absolute Gasteiger partial charge is 0.467 e. The fourth-order valence-electron chi connectivity index (χ4n) is 2.24. The van der Waals surface area contributed by atoms with Crippen LogP contribution >= 0.6 is 24.0 Å². The summed E-state index contributed by atoms with van der Waals surface area (Å²) < 4.78 is 10.8. The number of hydrogen-bond donors (Lipinski definition) is 2. The first-order valence-electron chi connectivity index (χ1n) is 8.46. The van der Waals surface area contributed by atoms with Crippen molar-refractivity contribution in [3.8, 4) is 0 Å². The standard InChI is InChI=1S/C19H27N3O2.HI/c1-3-20-19(22-14-17-9-5-4-8-16(17)2)21-11-7-12-23-15-18-10-6-13-24-18;/h4-6,8-10,13H,3,7,11-12,14-15H2,1-2H3,(H2,20,21,22);1H. The minimum atomic E-state index is 0. The van der Waals surface area contributed by atoms with Crippen LogP contribution in [0.1, 0.15) is 30.2 Å². The Bertz CT molecular complexity index is 615. The number of hydrogen-bond acceptors (Lipinski definition) is 3. The van der Waals surface area contributed by atoms with E-state index >= 15 is 0 Å². The lowest BCUT2D eigenvalue weighted by Gasteiger charge is -2.12. The third-order valence-corrected chi connectivity index (χ3v) is 3.60. The van der Waals surface area contributed by atoms with Crippen molar-refractivity contribution in [1.29, 1.82) is 0 Å². The Hall–Kier alpha value is -1.54. The minimum absolute atomic E-state index is 0. The van der Waals surface area contributed by atoms with E-state index in [-0.39, 0.29) is 24.0 Å². The van der Waals surface area contributed by atoms with Crippen LogP contribution in [0.15, 0.2) is 52.1 Å². The van der Waals surface area contributed by atoms with E-state index in [0.717, 1.165) is 31.2 Å². The number of guanidine groups is 1. The fourth-order valence-corrected chi connectivity index (χ4v) is 2.24. The van der Waals surface area contributed by atoms with E-state index in [4.69, 9.17) is 9.15 Å². The number of rotatable bonds is 9. The maximum absolute atomic E-state index is 5.57. The number of furan rings is 1. The summed E-state index contributed by atoms with van der Waals surface area (Å²) in [5.41, 5.74) is 2.51. The predicted molar refractivity (Wildman–Crippen MR) is 112 cm³/mol. The molecule has 0 radical (unpaired) electrons. The van der Waals surface area contributed by atoms with Gasteiger partial charge in [0.05, 0.1) is 12.8 Å². The summed E-state index contributed by atoms with van der Waals surface area (Å²) in [6.45, 7) is 7.72. The topological polar surface area (TPSA) is 58.8 Å². The lowest BCUT2D eigenvalue weighted by atomic mass is 10.1. The number of ether oxygens (including phenoxy) is 1. The number of nitrogens with zero attached hydrogens (tertiary/aromatic N) is 1. The van der Waals surface area contributed by atoms with Crippen molar-refractivity contribution in [2.75, 3.05) is 19.7 Å². The Morgan fingerprint density at radius 3 is 2.72 bits per heavy atom. The van der Waals surface area contributed by atoms with Crippen molar-refractivity contribution in [1.82, 2.24) is 10.6 Å². The highest BCUT2D eigenvalue weighted by molar-refractivity contribution is 14.0. The van der Waals surface area contributed by atoms with E-state index in [1.54, 1.807) is 6.26 Å². The summed E-state index contributed by atoms with van der Waals surface area (Å²) in [5, 5.41) is 6.61. The average molecular weight is 457 g/mol. The van der Waals surface area contributed by atoms with E-state index in [1.165, 1.54) is 11.1 Å². The molecule has 6 heteroatoms. The molecule has 0 unspecified atom stereocenters. The van der Waals surface area contributed by atoms with Gasteiger partial charge in [-0.15, -0.1) is 24.0 Å². The number of aliphatic imine (C=N–C) groups is 1. The van der Waals surface area contributed by atoms with Crippen molar-refractivity contribution in [3.05, 3.63) is 59.5 Å². The Morgan fingerprint density at radius 2 is 2.00 bits per heavy atom. The molecule has 2 N–H and O–H groups in total. The quantitative estimate of drug-likeness (QED) is 0.260. The van der Waals surface area contributed by atoms with Crippen LogP contribution in [0.2, 0.25) is 0 Å². The van der Waals surface area contributed by atoms with Gasteiger partial charge < -0.3 is 19.8 Å². The second-order valence-electron chi connectivity index (χ2n) is 5.53. The highest BCUT2D eigenvalue weighted by Crippen LogP contribution is 2.07. The highest BCUT2D eigenvalue weighted by atomic mass is 127. The van der Waals surface area contributed by atoms with Crippen LogP contribution in [0.5, 0.6) is 0 Å². The van der Waals surface area contributed by atoms with Gasteiger partial charge in [-0.05, 0) is 43.5 Å². The van der Waals surface area contributed by atoms with Crippen LogP contribution in [-0.4, -0.2) is 25.7 Å². The molecule has 5 nitrogen and oxygen atoms in total. The molecular formula is C19H28IN3O2. The van der Waals surface area contributed by atoms with Gasteiger partial charge in [0.15, 0.2) is 5.96 Å². The summed E-state index contributed by atoms with van der Waals surface area (Å²) in [7, 11) is 0. The van der Waals surface area contributed by atoms with Crippen molar-refractivity contribution in [2.24, 2.45) is 4.99 Å². The Kier molecular flexibility index (Phi) is 11.0. The third-order valence-electron chi connectivity index (χ3n) is 3.60. The molecule has 0 bridgehead atoms. The van der Waals surface area contributed by atoms with Crippen molar-refractivity contribution < 1.29 is 9.15 Å². The maximum atomic E-state index is 5.57. The van der Waals surface area contributed by atoms with E-state index in [1.807, 2.05) is 12.1 Å². The van der Waals surface area contributed by atoms with Gasteiger partial charge in [-0.25, -0.2) is 4.99 Å². The molecule has 0 saturated heterocycles. The molecule has 0 atom stereocenters. The number of nitrogens with one attached hydrogen (secondary N) is 2. The van der Waals surface area contributed by atoms with E-state index in [2.05, 4.69) is 53.7 Å². The zero-order chi connectivity index (χ0) is 17.0. The Labute approximate surface area is 167 Å². The summed E-state index contributed by atoms with van der Waals surface area (Å²) in [4.78, 5) is 4.64. The second-order valence-corrected chi connectivity index (χ2v) is 5.53. The first-order chi connectivity index (χ1) is 11.8.